The highest BCUT2D eigenvalue weighted by Gasteiger charge is 2.37. The number of carbonyl (C=O) groups excluding carboxylic acids is 1. The Bertz CT molecular complexity index is 1070. The Morgan fingerprint density at radius 2 is 1.53 bits per heavy atom. The Hall–Kier alpha value is -3.15. The zero-order chi connectivity index (χ0) is 24.1. The van der Waals surface area contributed by atoms with Crippen molar-refractivity contribution in [1.29, 1.82) is 0 Å². The van der Waals surface area contributed by atoms with Crippen molar-refractivity contribution in [2.24, 2.45) is 0 Å². The van der Waals surface area contributed by atoms with E-state index in [1.165, 1.54) is 16.7 Å². The van der Waals surface area contributed by atoms with Crippen molar-refractivity contribution >= 4 is 23.0 Å². The summed E-state index contributed by atoms with van der Waals surface area (Å²) in [6, 6.07) is 25.8. The lowest BCUT2D eigenvalue weighted by Crippen LogP contribution is -2.59. The summed E-state index contributed by atoms with van der Waals surface area (Å²) < 4.78 is 0.766. The van der Waals surface area contributed by atoms with Crippen molar-refractivity contribution in [2.75, 3.05) is 44.3 Å². The van der Waals surface area contributed by atoms with Crippen molar-refractivity contribution in [3.8, 4) is 0 Å². The van der Waals surface area contributed by atoms with Gasteiger partial charge in [-0.25, -0.2) is 0 Å². The maximum Gasteiger partial charge on any atom is 0.224 e. The number of carbonyl (C=O) groups is 1. The fourth-order valence-electron chi connectivity index (χ4n) is 5.27. The molecule has 0 unspecified atom stereocenters. The highest BCUT2D eigenvalue weighted by molar-refractivity contribution is 5.96. The number of anilines is 2. The molecule has 0 saturated carbocycles. The summed E-state index contributed by atoms with van der Waals surface area (Å²) in [7, 11) is 2.27. The van der Waals surface area contributed by atoms with E-state index in [2.05, 4.69) is 90.9 Å². The second kappa shape index (κ2) is 10.4. The summed E-state index contributed by atoms with van der Waals surface area (Å²) in [5.74, 6) is 0.0186. The molecule has 1 saturated heterocycles. The Balaban J connectivity index is 1.59. The van der Waals surface area contributed by atoms with Gasteiger partial charge in [-0.1, -0.05) is 73.7 Å². The Morgan fingerprint density at radius 3 is 2.06 bits per heavy atom. The van der Waals surface area contributed by atoms with Gasteiger partial charge in [-0.05, 0) is 30.5 Å². The van der Waals surface area contributed by atoms with Gasteiger partial charge in [-0.2, -0.15) is 0 Å². The molecular formula is C29H37N4O+. The third-order valence-corrected chi connectivity index (χ3v) is 7.07. The van der Waals surface area contributed by atoms with E-state index in [0.717, 1.165) is 48.5 Å². The number of benzene rings is 3. The molecule has 3 N–H and O–H groups in total. The monoisotopic (exact) mass is 457 g/mol. The maximum absolute atomic E-state index is 12.2. The molecule has 178 valence electrons. The van der Waals surface area contributed by atoms with Crippen LogP contribution in [-0.4, -0.2) is 44.0 Å². The molecule has 5 nitrogen and oxygen atoms in total. The molecule has 1 aliphatic rings. The van der Waals surface area contributed by atoms with E-state index in [1.54, 1.807) is 0 Å². The molecule has 0 radical (unpaired) electrons. The first kappa shape index (κ1) is 24.0. The van der Waals surface area contributed by atoms with Gasteiger partial charge < -0.3 is 11.1 Å². The molecule has 1 fully saturated rings. The van der Waals surface area contributed by atoms with Crippen LogP contribution >= 0.6 is 0 Å². The summed E-state index contributed by atoms with van der Waals surface area (Å²) >= 11 is 0. The smallest absolute Gasteiger partial charge is 0.224 e. The van der Waals surface area contributed by atoms with Gasteiger partial charge in [-0.15, -0.1) is 0 Å². The van der Waals surface area contributed by atoms with Crippen LogP contribution in [-0.2, 0) is 4.79 Å². The molecule has 0 aromatic heterocycles. The van der Waals surface area contributed by atoms with E-state index < -0.39 is 0 Å². The highest BCUT2D eigenvalue weighted by Crippen LogP contribution is 2.39. The van der Waals surface area contributed by atoms with Crippen molar-refractivity contribution in [2.45, 2.75) is 32.7 Å². The molecular weight excluding hydrogens is 420 g/mol. The Morgan fingerprint density at radius 1 is 0.971 bits per heavy atom. The molecule has 0 atom stereocenters. The maximum atomic E-state index is 12.2. The molecule has 1 amide bonds. The number of hydrogen-bond donors (Lipinski definition) is 2. The first-order valence-electron chi connectivity index (χ1n) is 12.3. The van der Waals surface area contributed by atoms with Gasteiger partial charge in [0.2, 0.25) is 5.91 Å². The third-order valence-electron chi connectivity index (χ3n) is 7.07. The van der Waals surface area contributed by atoms with Gasteiger partial charge in [-0.3, -0.25) is 14.2 Å². The SMILES string of the molecule is CCCC(=O)Nc1ccc(C)c([N+]2(C)CCN(C(c3ccccc3)c3ccccc3)CC2)c1N. The minimum Gasteiger partial charge on any atom is -0.392 e. The lowest BCUT2D eigenvalue weighted by molar-refractivity contribution is -0.116. The fourth-order valence-corrected chi connectivity index (χ4v) is 5.27. The van der Waals surface area contributed by atoms with Crippen LogP contribution in [0.25, 0.3) is 0 Å². The molecule has 0 spiro atoms. The van der Waals surface area contributed by atoms with Crippen LogP contribution in [0.1, 0.15) is 42.5 Å². The number of aryl methyl sites for hydroxylation is 1. The van der Waals surface area contributed by atoms with E-state index in [-0.39, 0.29) is 11.9 Å². The van der Waals surface area contributed by atoms with Crippen molar-refractivity contribution in [3.63, 3.8) is 0 Å². The summed E-state index contributed by atoms with van der Waals surface area (Å²) in [6.45, 7) is 7.94. The molecule has 3 aromatic rings. The number of nitrogens with two attached hydrogens (primary N) is 1. The number of piperazine rings is 1. The molecule has 1 aliphatic heterocycles. The molecule has 1 heterocycles. The van der Waals surface area contributed by atoms with Crippen LogP contribution in [0.2, 0.25) is 0 Å². The predicted molar refractivity (Wildman–Crippen MR) is 143 cm³/mol. The van der Waals surface area contributed by atoms with Gasteiger partial charge in [0.15, 0.2) is 5.69 Å². The van der Waals surface area contributed by atoms with Crippen LogP contribution in [0.5, 0.6) is 0 Å². The number of likely N-dealkylation sites (N-methyl/N-ethyl adjacent to an activating group) is 1. The quantitative estimate of drug-likeness (QED) is 0.371. The van der Waals surface area contributed by atoms with Crippen LogP contribution < -0.4 is 15.5 Å². The zero-order valence-corrected chi connectivity index (χ0v) is 20.6. The van der Waals surface area contributed by atoms with E-state index in [4.69, 9.17) is 5.73 Å². The van der Waals surface area contributed by atoms with E-state index in [1.807, 2.05) is 13.0 Å². The van der Waals surface area contributed by atoms with Gasteiger partial charge in [0.1, 0.15) is 5.69 Å². The predicted octanol–water partition coefficient (Wildman–Crippen LogP) is 5.36. The summed E-state index contributed by atoms with van der Waals surface area (Å²) in [5, 5.41) is 3.02. The van der Waals surface area contributed by atoms with Crippen LogP contribution in [0, 0.1) is 6.92 Å². The van der Waals surface area contributed by atoms with Crippen LogP contribution in [0.15, 0.2) is 72.8 Å². The lowest BCUT2D eigenvalue weighted by Gasteiger charge is -2.45. The Kier molecular flexibility index (Phi) is 7.35. The molecule has 0 bridgehead atoms. The van der Waals surface area contributed by atoms with Crippen molar-refractivity contribution in [3.05, 3.63) is 89.5 Å². The number of amides is 1. The number of nitrogens with one attached hydrogen (secondary N) is 1. The number of nitrogens with zero attached hydrogens (tertiary/aromatic N) is 2. The third kappa shape index (κ3) is 5.01. The molecule has 5 heteroatoms. The van der Waals surface area contributed by atoms with Gasteiger partial charge in [0.05, 0.1) is 31.9 Å². The minimum absolute atomic E-state index is 0.0186. The summed E-state index contributed by atoms with van der Waals surface area (Å²) in [6.07, 6.45) is 1.32. The number of nitrogen functional groups attached to an aromatic ring is 1. The first-order chi connectivity index (χ1) is 16.4. The number of hydrogen-bond acceptors (Lipinski definition) is 3. The standard InChI is InChI=1S/C29H36N4O/c1-4-11-26(34)31-25-17-16-22(2)29(27(25)30)33(3)20-18-32(19-21-33)28(23-12-7-5-8-13-23)24-14-9-6-10-15-24/h5-10,12-17,28H,4,11,18-21,30H2,1-3H3/p+1. The topological polar surface area (TPSA) is 58.4 Å². The van der Waals surface area contributed by atoms with Gasteiger partial charge in [0, 0.05) is 25.1 Å². The van der Waals surface area contributed by atoms with Crippen LogP contribution in [0.4, 0.5) is 17.1 Å². The second-order valence-electron chi connectivity index (χ2n) is 9.59. The average Bonchev–Trinajstić information content (AvgIpc) is 2.84. The van der Waals surface area contributed by atoms with E-state index >= 15 is 0 Å². The van der Waals surface area contributed by atoms with E-state index in [9.17, 15) is 4.79 Å². The molecule has 34 heavy (non-hydrogen) atoms. The molecule has 4 rings (SSSR count). The lowest BCUT2D eigenvalue weighted by atomic mass is 9.96. The average molecular weight is 458 g/mol. The van der Waals surface area contributed by atoms with Gasteiger partial charge >= 0.3 is 0 Å². The molecule has 3 aromatic carbocycles. The minimum atomic E-state index is 0.0186. The van der Waals surface area contributed by atoms with Gasteiger partial charge in [0.25, 0.3) is 0 Å². The number of quaternary nitrogens is 1. The van der Waals surface area contributed by atoms with Crippen molar-refractivity contribution < 1.29 is 4.79 Å². The van der Waals surface area contributed by atoms with Crippen molar-refractivity contribution in [1.82, 2.24) is 9.38 Å². The van der Waals surface area contributed by atoms with Crippen LogP contribution in [0.3, 0.4) is 0 Å². The molecule has 0 aliphatic carbocycles. The highest BCUT2D eigenvalue weighted by atomic mass is 16.1. The Labute approximate surface area is 203 Å². The number of rotatable bonds is 7. The largest absolute Gasteiger partial charge is 0.392 e. The normalized spacial score (nSPS) is 15.9. The zero-order valence-electron chi connectivity index (χ0n) is 20.6. The summed E-state index contributed by atoms with van der Waals surface area (Å²) in [4.78, 5) is 14.8. The first-order valence-corrected chi connectivity index (χ1v) is 12.3. The second-order valence-corrected chi connectivity index (χ2v) is 9.59. The summed E-state index contributed by atoms with van der Waals surface area (Å²) in [5.41, 5.74) is 13.0. The fraction of sp³-hybridized carbons (Fsp3) is 0.345. The van der Waals surface area contributed by atoms with E-state index in [0.29, 0.717) is 12.1 Å².